The number of nitrogens with zero attached hydrogens (tertiary/aromatic N) is 1. The highest BCUT2D eigenvalue weighted by Gasteiger charge is 2.10. The normalized spacial score (nSPS) is 10.6. The Kier molecular flexibility index (Phi) is 3.86. The quantitative estimate of drug-likeness (QED) is 0.913. The second kappa shape index (κ2) is 5.41. The minimum absolute atomic E-state index is 0.00335. The lowest BCUT2D eigenvalue weighted by atomic mass is 10.1. The monoisotopic (exact) mass is 257 g/mol. The topological polar surface area (TPSA) is 42.4 Å². The van der Waals surface area contributed by atoms with Crippen LogP contribution in [0.2, 0.25) is 0 Å². The summed E-state index contributed by atoms with van der Waals surface area (Å²) in [6.07, 6.45) is 1.64. The van der Waals surface area contributed by atoms with Crippen molar-refractivity contribution < 1.29 is 9.84 Å². The molecule has 0 bridgehead atoms. The minimum atomic E-state index is -0.00335. The SMILES string of the molecule is Cc1cc(CO)cnc1Oc1c(C)ccc(C)c1C. The summed E-state index contributed by atoms with van der Waals surface area (Å²) in [5.41, 5.74) is 5.14. The first-order valence-corrected chi connectivity index (χ1v) is 6.34. The van der Waals surface area contributed by atoms with Gasteiger partial charge in [0.25, 0.3) is 0 Å². The van der Waals surface area contributed by atoms with Crippen LogP contribution in [-0.2, 0) is 6.61 Å². The summed E-state index contributed by atoms with van der Waals surface area (Å²) >= 11 is 0. The van der Waals surface area contributed by atoms with E-state index in [2.05, 4.69) is 31.0 Å². The van der Waals surface area contributed by atoms with Crippen molar-refractivity contribution >= 4 is 0 Å². The van der Waals surface area contributed by atoms with Gasteiger partial charge in [-0.2, -0.15) is 0 Å². The van der Waals surface area contributed by atoms with Crippen LogP contribution in [0, 0.1) is 27.7 Å². The van der Waals surface area contributed by atoms with E-state index in [4.69, 9.17) is 9.84 Å². The van der Waals surface area contributed by atoms with Gasteiger partial charge in [0.05, 0.1) is 6.61 Å². The maximum absolute atomic E-state index is 9.09. The molecule has 0 atom stereocenters. The maximum atomic E-state index is 9.09. The van der Waals surface area contributed by atoms with Crippen molar-refractivity contribution in [3.05, 3.63) is 52.2 Å². The number of aliphatic hydroxyl groups excluding tert-OH is 1. The van der Waals surface area contributed by atoms with E-state index in [0.717, 1.165) is 28.0 Å². The van der Waals surface area contributed by atoms with Gasteiger partial charge in [-0.05, 0) is 56.0 Å². The van der Waals surface area contributed by atoms with Gasteiger partial charge in [-0.3, -0.25) is 0 Å². The van der Waals surface area contributed by atoms with Crippen LogP contribution in [0.25, 0.3) is 0 Å². The number of hydrogen-bond acceptors (Lipinski definition) is 3. The average molecular weight is 257 g/mol. The van der Waals surface area contributed by atoms with Crippen molar-refractivity contribution in [2.75, 3.05) is 0 Å². The molecule has 0 aliphatic rings. The van der Waals surface area contributed by atoms with Gasteiger partial charge >= 0.3 is 0 Å². The van der Waals surface area contributed by atoms with Crippen LogP contribution in [0.5, 0.6) is 11.6 Å². The molecule has 0 radical (unpaired) electrons. The summed E-state index contributed by atoms with van der Waals surface area (Å²) in [6.45, 7) is 8.07. The van der Waals surface area contributed by atoms with Crippen molar-refractivity contribution in [2.24, 2.45) is 0 Å². The summed E-state index contributed by atoms with van der Waals surface area (Å²) in [6, 6.07) is 6.03. The molecule has 0 saturated carbocycles. The second-order valence-corrected chi connectivity index (χ2v) is 4.88. The highest BCUT2D eigenvalue weighted by atomic mass is 16.5. The minimum Gasteiger partial charge on any atom is -0.438 e. The predicted molar refractivity (Wildman–Crippen MR) is 75.6 cm³/mol. The molecule has 1 N–H and O–H groups in total. The van der Waals surface area contributed by atoms with Crippen LogP contribution in [-0.4, -0.2) is 10.1 Å². The van der Waals surface area contributed by atoms with Crippen LogP contribution < -0.4 is 4.74 Å². The van der Waals surface area contributed by atoms with Gasteiger partial charge in [-0.15, -0.1) is 0 Å². The molecule has 0 unspecified atom stereocenters. The number of pyridine rings is 1. The Hall–Kier alpha value is -1.87. The van der Waals surface area contributed by atoms with Gasteiger partial charge in [0.2, 0.25) is 5.88 Å². The van der Waals surface area contributed by atoms with Gasteiger partial charge in [0, 0.05) is 11.8 Å². The molecule has 100 valence electrons. The first-order valence-electron chi connectivity index (χ1n) is 6.34. The van der Waals surface area contributed by atoms with Gasteiger partial charge < -0.3 is 9.84 Å². The highest BCUT2D eigenvalue weighted by molar-refractivity contribution is 5.47. The molecule has 3 heteroatoms. The van der Waals surface area contributed by atoms with Gasteiger partial charge in [-0.1, -0.05) is 12.1 Å². The number of ether oxygens (including phenoxy) is 1. The Balaban J connectivity index is 2.39. The lowest BCUT2D eigenvalue weighted by Gasteiger charge is -2.14. The fraction of sp³-hybridized carbons (Fsp3) is 0.312. The van der Waals surface area contributed by atoms with Gasteiger partial charge in [0.1, 0.15) is 5.75 Å². The zero-order chi connectivity index (χ0) is 14.0. The molecule has 1 aromatic carbocycles. The summed E-state index contributed by atoms with van der Waals surface area (Å²) in [7, 11) is 0. The molecule has 0 amide bonds. The lowest BCUT2D eigenvalue weighted by molar-refractivity contribution is 0.281. The van der Waals surface area contributed by atoms with Gasteiger partial charge in [0.15, 0.2) is 0 Å². The van der Waals surface area contributed by atoms with E-state index in [-0.39, 0.29) is 6.61 Å². The standard InChI is InChI=1S/C16H19NO2/c1-10-5-6-11(2)15(13(10)4)19-16-12(3)7-14(9-18)8-17-16/h5-8,18H,9H2,1-4H3. The van der Waals surface area contributed by atoms with Crippen LogP contribution in [0.15, 0.2) is 24.4 Å². The van der Waals surface area contributed by atoms with E-state index < -0.39 is 0 Å². The first kappa shape index (κ1) is 13.6. The van der Waals surface area contributed by atoms with Crippen molar-refractivity contribution in [3.8, 4) is 11.6 Å². The predicted octanol–water partition coefficient (Wildman–Crippen LogP) is 3.60. The number of hydrogen-bond donors (Lipinski definition) is 1. The molecule has 1 heterocycles. The average Bonchev–Trinajstić information content (AvgIpc) is 2.40. The highest BCUT2D eigenvalue weighted by Crippen LogP contribution is 2.31. The number of benzene rings is 1. The zero-order valence-electron chi connectivity index (χ0n) is 11.8. The Bertz CT molecular complexity index is 606. The molecule has 0 saturated heterocycles. The Labute approximate surface area is 113 Å². The lowest BCUT2D eigenvalue weighted by Crippen LogP contribution is -1.98. The second-order valence-electron chi connectivity index (χ2n) is 4.88. The molecule has 0 aliphatic heterocycles. The van der Waals surface area contributed by atoms with E-state index in [1.54, 1.807) is 6.20 Å². The molecule has 19 heavy (non-hydrogen) atoms. The fourth-order valence-electron chi connectivity index (χ4n) is 1.99. The van der Waals surface area contributed by atoms with Crippen molar-refractivity contribution in [3.63, 3.8) is 0 Å². The molecule has 0 fully saturated rings. The third-order valence-corrected chi connectivity index (χ3v) is 3.34. The van der Waals surface area contributed by atoms with Crippen LogP contribution in [0.1, 0.15) is 27.8 Å². The molecule has 1 aromatic heterocycles. The summed E-state index contributed by atoms with van der Waals surface area (Å²) in [5.74, 6) is 1.46. The molecule has 0 spiro atoms. The molecular formula is C16H19NO2. The Morgan fingerprint density at radius 1 is 1.05 bits per heavy atom. The van der Waals surface area contributed by atoms with Crippen molar-refractivity contribution in [2.45, 2.75) is 34.3 Å². The smallest absolute Gasteiger partial charge is 0.222 e. The molecular weight excluding hydrogens is 238 g/mol. The molecule has 3 nitrogen and oxygen atoms in total. The summed E-state index contributed by atoms with van der Waals surface area (Å²) < 4.78 is 5.96. The Morgan fingerprint density at radius 3 is 2.37 bits per heavy atom. The third kappa shape index (κ3) is 2.76. The van der Waals surface area contributed by atoms with Crippen molar-refractivity contribution in [1.29, 1.82) is 0 Å². The summed E-state index contributed by atoms with van der Waals surface area (Å²) in [4.78, 5) is 4.27. The van der Waals surface area contributed by atoms with Gasteiger partial charge in [-0.25, -0.2) is 4.98 Å². The number of aliphatic hydroxyl groups is 1. The summed E-state index contributed by atoms with van der Waals surface area (Å²) in [5, 5.41) is 9.09. The third-order valence-electron chi connectivity index (χ3n) is 3.34. The number of aryl methyl sites for hydroxylation is 3. The molecule has 2 aromatic rings. The first-order chi connectivity index (χ1) is 9.02. The zero-order valence-corrected chi connectivity index (χ0v) is 11.8. The maximum Gasteiger partial charge on any atom is 0.222 e. The number of rotatable bonds is 3. The van der Waals surface area contributed by atoms with Crippen LogP contribution in [0.3, 0.4) is 0 Å². The molecule has 0 aliphatic carbocycles. The largest absolute Gasteiger partial charge is 0.438 e. The van der Waals surface area contributed by atoms with Crippen LogP contribution >= 0.6 is 0 Å². The Morgan fingerprint density at radius 2 is 1.74 bits per heavy atom. The van der Waals surface area contributed by atoms with E-state index in [0.29, 0.717) is 5.88 Å². The number of aromatic nitrogens is 1. The van der Waals surface area contributed by atoms with Crippen molar-refractivity contribution in [1.82, 2.24) is 4.98 Å². The van der Waals surface area contributed by atoms with E-state index in [9.17, 15) is 0 Å². The van der Waals surface area contributed by atoms with E-state index in [1.807, 2.05) is 19.9 Å². The van der Waals surface area contributed by atoms with E-state index in [1.165, 1.54) is 5.56 Å². The van der Waals surface area contributed by atoms with E-state index >= 15 is 0 Å². The molecule has 2 rings (SSSR count). The van der Waals surface area contributed by atoms with Crippen LogP contribution in [0.4, 0.5) is 0 Å². The fourth-order valence-corrected chi connectivity index (χ4v) is 1.99.